The van der Waals surface area contributed by atoms with Gasteiger partial charge in [-0.05, 0) is 18.9 Å². The average molecular weight is 494 g/mol. The molecule has 5 heterocycles. The summed E-state index contributed by atoms with van der Waals surface area (Å²) >= 11 is 0. The van der Waals surface area contributed by atoms with E-state index in [9.17, 15) is 15.3 Å². The van der Waals surface area contributed by atoms with E-state index in [2.05, 4.69) is 20.5 Å². The average Bonchev–Trinajstić information content (AvgIpc) is 3.68. The Kier molecular flexibility index (Phi) is 5.90. The van der Waals surface area contributed by atoms with Gasteiger partial charge < -0.3 is 30.1 Å². The number of hydrogen-bond donors (Lipinski definition) is 5. The minimum atomic E-state index is -1.27. The summed E-state index contributed by atoms with van der Waals surface area (Å²) in [5.41, 5.74) is 4.38. The molecule has 36 heavy (non-hydrogen) atoms. The quantitative estimate of drug-likeness (QED) is 0.262. The van der Waals surface area contributed by atoms with Crippen molar-refractivity contribution in [2.24, 2.45) is 0 Å². The first-order valence-electron chi connectivity index (χ1n) is 11.9. The molecule has 0 saturated carbocycles. The van der Waals surface area contributed by atoms with E-state index < -0.39 is 31.1 Å². The number of aliphatic hydroxyl groups excluding tert-OH is 3. The maximum atomic E-state index is 10.6. The molecule has 0 bridgehead atoms. The van der Waals surface area contributed by atoms with Crippen LogP contribution in [0, 0.1) is 6.92 Å². The number of hydrogen-bond acceptors (Lipinski definition) is 10. The molecule has 6 rings (SSSR count). The number of nitrogens with zero attached hydrogens (tertiary/aromatic N) is 5. The van der Waals surface area contributed by atoms with Gasteiger partial charge in [-0.25, -0.2) is 15.0 Å². The number of H-pyrrole nitrogens is 1. The lowest BCUT2D eigenvalue weighted by molar-refractivity contribution is -0.0511. The Morgan fingerprint density at radius 2 is 2.00 bits per heavy atom. The SMILES string of the molecule is Cc1ccc(-c2c[nH]nc2-c2nc(NC3CCOC3)c3ncn([C@@H]4O[C@H](CO)[C@@H](O)[C@H]4O)c3n2)cc1. The van der Waals surface area contributed by atoms with E-state index in [0.29, 0.717) is 41.7 Å². The highest BCUT2D eigenvalue weighted by atomic mass is 16.6. The Balaban J connectivity index is 1.48. The summed E-state index contributed by atoms with van der Waals surface area (Å²) in [6.45, 7) is 2.81. The number of aromatic amines is 1. The maximum Gasteiger partial charge on any atom is 0.184 e. The van der Waals surface area contributed by atoms with Crippen molar-refractivity contribution in [1.29, 1.82) is 0 Å². The van der Waals surface area contributed by atoms with Gasteiger partial charge in [0.05, 0.1) is 25.6 Å². The maximum absolute atomic E-state index is 10.6. The van der Waals surface area contributed by atoms with Crippen molar-refractivity contribution in [3.63, 3.8) is 0 Å². The van der Waals surface area contributed by atoms with Crippen LogP contribution in [0.15, 0.2) is 36.8 Å². The second-order valence-electron chi connectivity index (χ2n) is 9.17. The zero-order valence-electron chi connectivity index (χ0n) is 19.6. The van der Waals surface area contributed by atoms with Gasteiger partial charge in [0.2, 0.25) is 0 Å². The monoisotopic (exact) mass is 493 g/mol. The molecule has 2 fully saturated rings. The minimum absolute atomic E-state index is 0.0609. The highest BCUT2D eigenvalue weighted by Crippen LogP contribution is 2.35. The molecule has 2 aliphatic heterocycles. The molecule has 0 radical (unpaired) electrons. The molecule has 12 heteroatoms. The fourth-order valence-corrected chi connectivity index (χ4v) is 4.67. The third kappa shape index (κ3) is 3.92. The molecule has 1 unspecified atom stereocenters. The van der Waals surface area contributed by atoms with Crippen molar-refractivity contribution in [3.8, 4) is 22.6 Å². The molecule has 12 nitrogen and oxygen atoms in total. The third-order valence-corrected chi connectivity index (χ3v) is 6.70. The third-order valence-electron chi connectivity index (χ3n) is 6.70. The van der Waals surface area contributed by atoms with Crippen LogP contribution in [0.5, 0.6) is 0 Å². The summed E-state index contributed by atoms with van der Waals surface area (Å²) in [7, 11) is 0. The molecule has 1 aromatic carbocycles. The van der Waals surface area contributed by atoms with Crippen LogP contribution in [0.1, 0.15) is 18.2 Å². The standard InChI is InChI=1S/C24H27N7O5/c1-12-2-4-13(5-3-12)15-8-26-30-17(15)21-28-22(27-14-6-7-35-10-14)18-23(29-21)31(11-25-18)24-20(34)19(33)16(9-32)36-24/h2-5,8,11,14,16,19-20,24,32-34H,6-7,9-10H2,1H3,(H,26,30)(H,27,28,29)/t14?,16-,19-,20-,24-/m1/s1. The van der Waals surface area contributed by atoms with Crippen LogP contribution in [0.2, 0.25) is 0 Å². The van der Waals surface area contributed by atoms with E-state index >= 15 is 0 Å². The van der Waals surface area contributed by atoms with E-state index in [-0.39, 0.29) is 6.04 Å². The molecule has 2 saturated heterocycles. The first-order valence-corrected chi connectivity index (χ1v) is 11.9. The van der Waals surface area contributed by atoms with Crippen LogP contribution in [0.3, 0.4) is 0 Å². The lowest BCUT2D eigenvalue weighted by Crippen LogP contribution is -2.33. The van der Waals surface area contributed by atoms with Crippen molar-refractivity contribution in [1.82, 2.24) is 29.7 Å². The summed E-state index contributed by atoms with van der Waals surface area (Å²) in [5, 5.41) is 41.2. The highest BCUT2D eigenvalue weighted by molar-refractivity contribution is 5.87. The molecule has 188 valence electrons. The first kappa shape index (κ1) is 23.0. The molecule has 2 aliphatic rings. The van der Waals surface area contributed by atoms with Gasteiger partial charge in [-0.15, -0.1) is 0 Å². The van der Waals surface area contributed by atoms with Crippen LogP contribution in [-0.4, -0.2) is 89.2 Å². The van der Waals surface area contributed by atoms with Gasteiger partial charge in [0.1, 0.15) is 24.0 Å². The number of aryl methyl sites for hydroxylation is 1. The predicted molar refractivity (Wildman–Crippen MR) is 129 cm³/mol. The van der Waals surface area contributed by atoms with E-state index in [1.54, 1.807) is 10.8 Å². The van der Waals surface area contributed by atoms with Crippen LogP contribution in [-0.2, 0) is 9.47 Å². The summed E-state index contributed by atoms with van der Waals surface area (Å²) in [5.74, 6) is 0.864. The number of aliphatic hydroxyl groups is 3. The van der Waals surface area contributed by atoms with Gasteiger partial charge in [-0.1, -0.05) is 29.8 Å². The molecule has 0 spiro atoms. The summed E-state index contributed by atoms with van der Waals surface area (Å²) in [4.78, 5) is 14.1. The fraction of sp³-hybridized carbons (Fsp3) is 0.417. The Labute approximate surface area is 206 Å². The van der Waals surface area contributed by atoms with E-state index in [0.717, 1.165) is 23.1 Å². The first-order chi connectivity index (χ1) is 17.5. The normalized spacial score (nSPS) is 26.2. The van der Waals surface area contributed by atoms with Gasteiger partial charge >= 0.3 is 0 Å². The van der Waals surface area contributed by atoms with Crippen molar-refractivity contribution in [3.05, 3.63) is 42.4 Å². The van der Waals surface area contributed by atoms with Crippen LogP contribution >= 0.6 is 0 Å². The van der Waals surface area contributed by atoms with Gasteiger partial charge in [-0.2, -0.15) is 5.10 Å². The van der Waals surface area contributed by atoms with Gasteiger partial charge in [0.15, 0.2) is 29.0 Å². The van der Waals surface area contributed by atoms with Crippen LogP contribution in [0.4, 0.5) is 5.82 Å². The second kappa shape index (κ2) is 9.22. The topological polar surface area (TPSA) is 163 Å². The molecular formula is C24H27N7O5. The number of benzene rings is 1. The van der Waals surface area contributed by atoms with E-state index in [4.69, 9.17) is 19.4 Å². The zero-order chi connectivity index (χ0) is 24.8. The van der Waals surface area contributed by atoms with Crippen molar-refractivity contribution in [2.75, 3.05) is 25.1 Å². The number of ether oxygens (including phenoxy) is 2. The van der Waals surface area contributed by atoms with Gasteiger partial charge in [-0.3, -0.25) is 9.67 Å². The predicted octanol–water partition coefficient (Wildman–Crippen LogP) is 1.00. The number of aromatic nitrogens is 6. The number of fused-ring (bicyclic) bond motifs is 1. The van der Waals surface area contributed by atoms with E-state index in [1.165, 1.54) is 6.33 Å². The molecule has 0 aliphatic carbocycles. The van der Waals surface area contributed by atoms with Crippen molar-refractivity contribution in [2.45, 2.75) is 43.9 Å². The zero-order valence-corrected chi connectivity index (χ0v) is 19.6. The largest absolute Gasteiger partial charge is 0.394 e. The fourth-order valence-electron chi connectivity index (χ4n) is 4.67. The molecule has 4 aromatic rings. The number of rotatable bonds is 6. The lowest BCUT2D eigenvalue weighted by Gasteiger charge is -2.17. The Morgan fingerprint density at radius 3 is 2.72 bits per heavy atom. The van der Waals surface area contributed by atoms with Crippen LogP contribution < -0.4 is 5.32 Å². The van der Waals surface area contributed by atoms with Crippen molar-refractivity contribution < 1.29 is 24.8 Å². The lowest BCUT2D eigenvalue weighted by atomic mass is 10.0. The number of imidazole rings is 1. The Morgan fingerprint density at radius 1 is 1.17 bits per heavy atom. The van der Waals surface area contributed by atoms with Gasteiger partial charge in [0.25, 0.3) is 0 Å². The molecule has 5 atom stereocenters. The van der Waals surface area contributed by atoms with E-state index in [1.807, 2.05) is 31.2 Å². The number of nitrogens with one attached hydrogen (secondary N) is 2. The van der Waals surface area contributed by atoms with Crippen molar-refractivity contribution >= 4 is 17.0 Å². The highest BCUT2D eigenvalue weighted by Gasteiger charge is 2.44. The summed E-state index contributed by atoms with van der Waals surface area (Å²) in [6, 6.07) is 8.15. The number of anilines is 1. The Hall–Kier alpha value is -3.42. The Bertz CT molecular complexity index is 1370. The molecular weight excluding hydrogens is 466 g/mol. The summed E-state index contributed by atoms with van der Waals surface area (Å²) < 4.78 is 12.8. The summed E-state index contributed by atoms with van der Waals surface area (Å²) in [6.07, 6.45) is -0.301. The van der Waals surface area contributed by atoms with Crippen LogP contribution in [0.25, 0.3) is 33.8 Å². The van der Waals surface area contributed by atoms with Gasteiger partial charge in [0, 0.05) is 18.4 Å². The molecule has 5 N–H and O–H groups in total. The molecule has 0 amide bonds. The minimum Gasteiger partial charge on any atom is -0.394 e. The second-order valence-corrected chi connectivity index (χ2v) is 9.17. The smallest absolute Gasteiger partial charge is 0.184 e. The molecule has 3 aromatic heterocycles.